The minimum atomic E-state index is -1.15. The number of unbranched alkanes of at least 4 members (excludes halogenated alkanes) is 2. The standard InChI is InChI=1S/C25H40N2O4/c1-5-6-7-8-19-9-11-20(12-10-19)13-14-22-15-16-23(31-22)25(30)26-21(17-24(28)29)18-27(2,3)4/h9-12,21-23H,5-8,13-18H2,1-4H3,(H-,26,28,29,30). The second-order valence-electron chi connectivity index (χ2n) is 9.89. The maximum Gasteiger partial charge on any atom is 0.249 e. The van der Waals surface area contributed by atoms with E-state index < -0.39 is 18.1 Å². The van der Waals surface area contributed by atoms with Crippen LogP contribution in [0.1, 0.15) is 63.0 Å². The van der Waals surface area contributed by atoms with Gasteiger partial charge in [0, 0.05) is 12.4 Å². The second-order valence-corrected chi connectivity index (χ2v) is 9.89. The Kier molecular flexibility index (Phi) is 9.97. The topological polar surface area (TPSA) is 78.5 Å². The van der Waals surface area contributed by atoms with Crippen LogP contribution in [0.4, 0.5) is 0 Å². The molecule has 1 aromatic rings. The van der Waals surface area contributed by atoms with Crippen LogP contribution in [0.2, 0.25) is 0 Å². The van der Waals surface area contributed by atoms with Crippen molar-refractivity contribution >= 4 is 11.9 Å². The summed E-state index contributed by atoms with van der Waals surface area (Å²) in [5, 5.41) is 13.9. The summed E-state index contributed by atoms with van der Waals surface area (Å²) in [4.78, 5) is 23.7. The molecule has 0 spiro atoms. The first-order chi connectivity index (χ1) is 14.7. The summed E-state index contributed by atoms with van der Waals surface area (Å²) in [5.74, 6) is -1.36. The number of nitrogens with one attached hydrogen (secondary N) is 1. The van der Waals surface area contributed by atoms with Crippen molar-refractivity contribution in [2.75, 3.05) is 27.7 Å². The van der Waals surface area contributed by atoms with Crippen molar-refractivity contribution in [2.45, 2.75) is 83.0 Å². The van der Waals surface area contributed by atoms with Crippen LogP contribution in [0.5, 0.6) is 0 Å². The predicted octanol–water partition coefficient (Wildman–Crippen LogP) is 2.23. The first kappa shape index (κ1) is 25.3. The number of amides is 1. The van der Waals surface area contributed by atoms with Crippen LogP contribution in [0.3, 0.4) is 0 Å². The highest BCUT2D eigenvalue weighted by Crippen LogP contribution is 2.24. The van der Waals surface area contributed by atoms with E-state index >= 15 is 0 Å². The number of carbonyl (C=O) groups excluding carboxylic acids is 2. The fraction of sp³-hybridized carbons (Fsp3) is 0.680. The largest absolute Gasteiger partial charge is 0.550 e. The number of carboxylic acids is 1. The number of rotatable bonds is 13. The molecule has 1 aliphatic rings. The van der Waals surface area contributed by atoms with Crippen LogP contribution in [0, 0.1) is 0 Å². The summed E-state index contributed by atoms with van der Waals surface area (Å²) in [5.41, 5.74) is 2.69. The zero-order valence-electron chi connectivity index (χ0n) is 19.7. The van der Waals surface area contributed by atoms with Crippen LogP contribution < -0.4 is 10.4 Å². The lowest BCUT2D eigenvalue weighted by atomic mass is 10.0. The Bertz CT molecular complexity index is 696. The lowest BCUT2D eigenvalue weighted by molar-refractivity contribution is -0.871. The lowest BCUT2D eigenvalue weighted by Crippen LogP contribution is -2.52. The SMILES string of the molecule is CCCCCc1ccc(CCC2CCC(C(=O)NC(CC(=O)[O-])C[N+](C)(C)C)O2)cc1. The van der Waals surface area contributed by atoms with E-state index in [1.165, 1.54) is 30.4 Å². The van der Waals surface area contributed by atoms with Gasteiger partial charge in [0.15, 0.2) is 0 Å². The minimum absolute atomic E-state index is 0.0676. The molecular weight excluding hydrogens is 392 g/mol. The van der Waals surface area contributed by atoms with Gasteiger partial charge in [-0.05, 0) is 49.7 Å². The molecule has 1 fully saturated rings. The number of aliphatic carboxylic acids is 1. The van der Waals surface area contributed by atoms with Crippen molar-refractivity contribution in [1.29, 1.82) is 0 Å². The van der Waals surface area contributed by atoms with E-state index in [0.29, 0.717) is 17.4 Å². The summed E-state index contributed by atoms with van der Waals surface area (Å²) in [6.07, 6.45) is 7.64. The van der Waals surface area contributed by atoms with Crippen LogP contribution in [-0.2, 0) is 27.2 Å². The fourth-order valence-corrected chi connectivity index (χ4v) is 4.21. The first-order valence-corrected chi connectivity index (χ1v) is 11.7. The molecule has 1 heterocycles. The molecule has 31 heavy (non-hydrogen) atoms. The van der Waals surface area contributed by atoms with E-state index in [-0.39, 0.29) is 18.4 Å². The lowest BCUT2D eigenvalue weighted by Gasteiger charge is -2.30. The zero-order chi connectivity index (χ0) is 22.9. The third-order valence-electron chi connectivity index (χ3n) is 5.77. The first-order valence-electron chi connectivity index (χ1n) is 11.7. The van der Waals surface area contributed by atoms with Crippen molar-refractivity contribution in [3.63, 3.8) is 0 Å². The van der Waals surface area contributed by atoms with Crippen molar-refractivity contribution in [1.82, 2.24) is 5.32 Å². The smallest absolute Gasteiger partial charge is 0.249 e. The second kappa shape index (κ2) is 12.2. The molecule has 1 aromatic carbocycles. The number of aryl methyl sites for hydroxylation is 2. The van der Waals surface area contributed by atoms with E-state index in [1.807, 2.05) is 21.1 Å². The number of likely N-dealkylation sites (N-methyl/N-ethyl adjacent to an activating group) is 1. The molecule has 0 aliphatic carbocycles. The summed E-state index contributed by atoms with van der Waals surface area (Å²) < 4.78 is 6.55. The van der Waals surface area contributed by atoms with Gasteiger partial charge in [0.1, 0.15) is 6.10 Å². The van der Waals surface area contributed by atoms with Crippen LogP contribution in [0.25, 0.3) is 0 Å². The molecule has 2 rings (SSSR count). The third kappa shape index (κ3) is 9.83. The number of hydrogen-bond acceptors (Lipinski definition) is 4. The molecule has 1 amide bonds. The average molecular weight is 433 g/mol. The molecule has 1 N–H and O–H groups in total. The Balaban J connectivity index is 1.77. The van der Waals surface area contributed by atoms with Gasteiger partial charge in [-0.25, -0.2) is 0 Å². The Hall–Kier alpha value is -1.92. The van der Waals surface area contributed by atoms with E-state index in [4.69, 9.17) is 4.74 Å². The number of carbonyl (C=O) groups is 2. The molecule has 3 unspecified atom stereocenters. The molecule has 0 saturated carbocycles. The monoisotopic (exact) mass is 432 g/mol. The van der Waals surface area contributed by atoms with Gasteiger partial charge in [-0.15, -0.1) is 0 Å². The number of benzene rings is 1. The van der Waals surface area contributed by atoms with Gasteiger partial charge < -0.3 is 24.4 Å². The molecular formula is C25H40N2O4. The zero-order valence-corrected chi connectivity index (χ0v) is 19.7. The summed E-state index contributed by atoms with van der Waals surface area (Å²) >= 11 is 0. The number of ether oxygens (including phenoxy) is 1. The number of carboxylic acid groups (broad SMARTS) is 1. The molecule has 174 valence electrons. The van der Waals surface area contributed by atoms with Crippen molar-refractivity contribution in [2.24, 2.45) is 0 Å². The summed E-state index contributed by atoms with van der Waals surface area (Å²) in [6.45, 7) is 2.74. The van der Waals surface area contributed by atoms with Gasteiger partial charge in [-0.1, -0.05) is 44.0 Å². The Morgan fingerprint density at radius 3 is 2.32 bits per heavy atom. The van der Waals surface area contributed by atoms with Gasteiger partial charge in [0.2, 0.25) is 5.91 Å². The Morgan fingerprint density at radius 2 is 1.74 bits per heavy atom. The Morgan fingerprint density at radius 1 is 1.10 bits per heavy atom. The van der Waals surface area contributed by atoms with Gasteiger partial charge >= 0.3 is 0 Å². The molecule has 0 aromatic heterocycles. The van der Waals surface area contributed by atoms with Gasteiger partial charge in [-0.2, -0.15) is 0 Å². The van der Waals surface area contributed by atoms with Crippen LogP contribution in [-0.4, -0.2) is 62.3 Å². The van der Waals surface area contributed by atoms with Gasteiger partial charge in [0.25, 0.3) is 0 Å². The third-order valence-corrected chi connectivity index (χ3v) is 5.77. The van der Waals surface area contributed by atoms with Crippen molar-refractivity contribution in [3.05, 3.63) is 35.4 Å². The van der Waals surface area contributed by atoms with E-state index in [2.05, 4.69) is 36.5 Å². The quantitative estimate of drug-likeness (QED) is 0.383. The normalized spacial score (nSPS) is 19.9. The maximum absolute atomic E-state index is 12.6. The highest BCUT2D eigenvalue weighted by Gasteiger charge is 2.32. The molecule has 1 aliphatic heterocycles. The highest BCUT2D eigenvalue weighted by atomic mass is 16.5. The predicted molar refractivity (Wildman–Crippen MR) is 120 cm³/mol. The van der Waals surface area contributed by atoms with Crippen molar-refractivity contribution in [3.8, 4) is 0 Å². The molecule has 0 bridgehead atoms. The number of nitrogens with zero attached hydrogens (tertiary/aromatic N) is 1. The van der Waals surface area contributed by atoms with Crippen LogP contribution in [0.15, 0.2) is 24.3 Å². The van der Waals surface area contributed by atoms with E-state index in [9.17, 15) is 14.7 Å². The maximum atomic E-state index is 12.6. The summed E-state index contributed by atoms with van der Waals surface area (Å²) in [6, 6.07) is 8.39. The molecule has 3 atom stereocenters. The number of hydrogen-bond donors (Lipinski definition) is 1. The Labute approximate surface area is 187 Å². The van der Waals surface area contributed by atoms with E-state index in [0.717, 1.165) is 25.7 Å². The van der Waals surface area contributed by atoms with Gasteiger partial charge in [-0.3, -0.25) is 4.79 Å². The average Bonchev–Trinajstić information content (AvgIpc) is 3.15. The van der Waals surface area contributed by atoms with Gasteiger partial charge in [0.05, 0.1) is 39.8 Å². The van der Waals surface area contributed by atoms with E-state index in [1.54, 1.807) is 0 Å². The molecule has 1 saturated heterocycles. The fourth-order valence-electron chi connectivity index (χ4n) is 4.21. The van der Waals surface area contributed by atoms with Crippen molar-refractivity contribution < 1.29 is 23.9 Å². The molecule has 6 nitrogen and oxygen atoms in total. The summed E-state index contributed by atoms with van der Waals surface area (Å²) in [7, 11) is 5.90. The van der Waals surface area contributed by atoms with Crippen LogP contribution >= 0.6 is 0 Å². The number of quaternary nitrogens is 1. The molecule has 0 radical (unpaired) electrons. The minimum Gasteiger partial charge on any atom is -0.550 e. The molecule has 6 heteroatoms. The highest BCUT2D eigenvalue weighted by molar-refractivity contribution is 5.81.